The molecule has 2 rings (SSSR count). The van der Waals surface area contributed by atoms with E-state index in [2.05, 4.69) is 5.32 Å². The van der Waals surface area contributed by atoms with Crippen molar-refractivity contribution < 1.29 is 23.9 Å². The van der Waals surface area contributed by atoms with E-state index in [1.54, 1.807) is 17.0 Å². The van der Waals surface area contributed by atoms with Gasteiger partial charge in [0.2, 0.25) is 11.8 Å². The normalized spacial score (nSPS) is 20.3. The molecule has 2 heterocycles. The van der Waals surface area contributed by atoms with Gasteiger partial charge in [0.05, 0.1) is 18.7 Å². The van der Waals surface area contributed by atoms with Crippen molar-refractivity contribution in [3.8, 4) is 0 Å². The molecule has 126 valence electrons. The van der Waals surface area contributed by atoms with E-state index in [0.717, 1.165) is 0 Å². The molecular weight excluding hydrogens is 300 g/mol. The smallest absolute Gasteiger partial charge is 0.329 e. The van der Waals surface area contributed by atoms with Crippen LogP contribution in [-0.2, 0) is 20.9 Å². The van der Waals surface area contributed by atoms with Crippen molar-refractivity contribution in [2.24, 2.45) is 5.92 Å². The molecule has 0 saturated carbocycles. The molecule has 2 N–H and O–H groups in total. The average molecular weight is 322 g/mol. The van der Waals surface area contributed by atoms with Gasteiger partial charge in [-0.2, -0.15) is 0 Å². The first-order chi connectivity index (χ1) is 10.9. The van der Waals surface area contributed by atoms with Gasteiger partial charge in [0.15, 0.2) is 0 Å². The van der Waals surface area contributed by atoms with Crippen molar-refractivity contribution in [3.63, 3.8) is 0 Å². The van der Waals surface area contributed by atoms with Crippen LogP contribution in [0.3, 0.4) is 0 Å². The van der Waals surface area contributed by atoms with E-state index in [0.29, 0.717) is 25.1 Å². The molecule has 1 saturated heterocycles. The number of nitrogens with zero attached hydrogens (tertiary/aromatic N) is 1. The zero-order valence-corrected chi connectivity index (χ0v) is 13.4. The van der Waals surface area contributed by atoms with Gasteiger partial charge < -0.3 is 19.7 Å². The zero-order chi connectivity index (χ0) is 17.0. The molecule has 2 unspecified atom stereocenters. The lowest BCUT2D eigenvalue weighted by atomic mass is 9.95. The lowest BCUT2D eigenvalue weighted by Crippen LogP contribution is -2.54. The number of hydrogen-bond acceptors (Lipinski definition) is 4. The van der Waals surface area contributed by atoms with Gasteiger partial charge in [-0.1, -0.05) is 13.3 Å². The maximum Gasteiger partial charge on any atom is 0.329 e. The SMILES string of the molecule is CCCC(C)(NC(=O)C1CC(=O)N(Cc2ccco2)C1)C(=O)O. The van der Waals surface area contributed by atoms with Gasteiger partial charge >= 0.3 is 5.97 Å². The molecule has 1 aromatic heterocycles. The molecule has 7 nitrogen and oxygen atoms in total. The molecule has 7 heteroatoms. The van der Waals surface area contributed by atoms with Crippen LogP contribution in [0.1, 0.15) is 38.9 Å². The molecule has 0 aromatic carbocycles. The summed E-state index contributed by atoms with van der Waals surface area (Å²) in [5.74, 6) is -1.47. The van der Waals surface area contributed by atoms with Crippen molar-refractivity contribution in [1.82, 2.24) is 10.2 Å². The molecule has 0 aliphatic carbocycles. The summed E-state index contributed by atoms with van der Waals surface area (Å²) in [7, 11) is 0. The number of nitrogens with one attached hydrogen (secondary N) is 1. The number of hydrogen-bond donors (Lipinski definition) is 2. The maximum atomic E-state index is 12.4. The fourth-order valence-corrected chi connectivity index (χ4v) is 2.79. The highest BCUT2D eigenvalue weighted by Gasteiger charge is 2.40. The van der Waals surface area contributed by atoms with Crippen LogP contribution in [0.25, 0.3) is 0 Å². The van der Waals surface area contributed by atoms with Crippen LogP contribution in [0.4, 0.5) is 0 Å². The molecule has 0 spiro atoms. The first-order valence-electron chi connectivity index (χ1n) is 7.71. The zero-order valence-electron chi connectivity index (χ0n) is 13.4. The molecule has 23 heavy (non-hydrogen) atoms. The van der Waals surface area contributed by atoms with Crippen molar-refractivity contribution in [1.29, 1.82) is 0 Å². The maximum absolute atomic E-state index is 12.4. The minimum atomic E-state index is -1.30. The summed E-state index contributed by atoms with van der Waals surface area (Å²) in [5.41, 5.74) is -1.30. The third-order valence-corrected chi connectivity index (χ3v) is 4.13. The predicted octanol–water partition coefficient (Wildman–Crippen LogP) is 1.39. The molecule has 2 atom stereocenters. The van der Waals surface area contributed by atoms with E-state index >= 15 is 0 Å². The summed E-state index contributed by atoms with van der Waals surface area (Å²) < 4.78 is 5.21. The van der Waals surface area contributed by atoms with Crippen LogP contribution in [0.15, 0.2) is 22.8 Å². The van der Waals surface area contributed by atoms with Crippen LogP contribution in [-0.4, -0.2) is 39.9 Å². The minimum Gasteiger partial charge on any atom is -0.480 e. The van der Waals surface area contributed by atoms with E-state index < -0.39 is 23.3 Å². The second-order valence-electron chi connectivity index (χ2n) is 6.13. The topological polar surface area (TPSA) is 99.9 Å². The van der Waals surface area contributed by atoms with Crippen LogP contribution < -0.4 is 5.32 Å². The van der Waals surface area contributed by atoms with E-state index in [1.807, 2.05) is 6.92 Å². The number of carbonyl (C=O) groups is 3. The van der Waals surface area contributed by atoms with E-state index in [4.69, 9.17) is 4.42 Å². The number of carboxylic acid groups (broad SMARTS) is 1. The highest BCUT2D eigenvalue weighted by Crippen LogP contribution is 2.22. The quantitative estimate of drug-likeness (QED) is 0.790. The van der Waals surface area contributed by atoms with E-state index in [1.165, 1.54) is 13.2 Å². The van der Waals surface area contributed by atoms with Gasteiger partial charge in [0.25, 0.3) is 0 Å². The first-order valence-corrected chi connectivity index (χ1v) is 7.71. The molecule has 1 fully saturated rings. The predicted molar refractivity (Wildman–Crippen MR) is 81.3 cm³/mol. The third-order valence-electron chi connectivity index (χ3n) is 4.13. The average Bonchev–Trinajstić information content (AvgIpc) is 3.10. The second-order valence-corrected chi connectivity index (χ2v) is 6.13. The number of likely N-dealkylation sites (tertiary alicyclic amines) is 1. The van der Waals surface area contributed by atoms with Crippen LogP contribution in [0.2, 0.25) is 0 Å². The van der Waals surface area contributed by atoms with Crippen LogP contribution >= 0.6 is 0 Å². The number of carboxylic acids is 1. The number of carbonyl (C=O) groups excluding carboxylic acids is 2. The molecule has 1 aliphatic heterocycles. The van der Waals surface area contributed by atoms with Crippen molar-refractivity contribution in [2.75, 3.05) is 6.54 Å². The summed E-state index contributed by atoms with van der Waals surface area (Å²) in [6.07, 6.45) is 2.60. The highest BCUT2D eigenvalue weighted by atomic mass is 16.4. The number of aliphatic carboxylic acids is 1. The first kappa shape index (κ1) is 17.1. The number of amides is 2. The molecule has 0 bridgehead atoms. The fourth-order valence-electron chi connectivity index (χ4n) is 2.79. The summed E-state index contributed by atoms with van der Waals surface area (Å²) in [6, 6.07) is 3.51. The van der Waals surface area contributed by atoms with Crippen molar-refractivity contribution in [3.05, 3.63) is 24.2 Å². The summed E-state index contributed by atoms with van der Waals surface area (Å²) in [6.45, 7) is 3.94. The highest BCUT2D eigenvalue weighted by molar-refractivity contribution is 5.92. The second kappa shape index (κ2) is 6.85. The van der Waals surface area contributed by atoms with Crippen molar-refractivity contribution in [2.45, 2.75) is 45.2 Å². The molecule has 0 radical (unpaired) electrons. The van der Waals surface area contributed by atoms with Gasteiger partial charge in [-0.3, -0.25) is 9.59 Å². The summed E-state index contributed by atoms with van der Waals surface area (Å²) in [4.78, 5) is 37.3. The van der Waals surface area contributed by atoms with E-state index in [9.17, 15) is 19.5 Å². The fraction of sp³-hybridized carbons (Fsp3) is 0.562. The third kappa shape index (κ3) is 3.91. The molecule has 1 aromatic rings. The Kier molecular flexibility index (Phi) is 5.08. The Labute approximate surface area is 134 Å². The monoisotopic (exact) mass is 322 g/mol. The Morgan fingerprint density at radius 2 is 2.26 bits per heavy atom. The Hall–Kier alpha value is -2.31. The number of rotatable bonds is 7. The lowest BCUT2D eigenvalue weighted by molar-refractivity contribution is -0.147. The Bertz CT molecular complexity index is 583. The van der Waals surface area contributed by atoms with E-state index in [-0.39, 0.29) is 18.9 Å². The Balaban J connectivity index is 1.98. The van der Waals surface area contributed by atoms with Crippen LogP contribution in [0, 0.1) is 5.92 Å². The number of furan rings is 1. The minimum absolute atomic E-state index is 0.0916. The largest absolute Gasteiger partial charge is 0.480 e. The van der Waals surface area contributed by atoms with Gasteiger partial charge in [-0.15, -0.1) is 0 Å². The lowest BCUT2D eigenvalue weighted by Gasteiger charge is -2.27. The standard InChI is InChI=1S/C16H22N2O5/c1-3-6-16(2,15(21)22)17-14(20)11-8-13(19)18(9-11)10-12-5-4-7-23-12/h4-5,7,11H,3,6,8-10H2,1-2H3,(H,17,20)(H,21,22). The molecule has 2 amide bonds. The van der Waals surface area contributed by atoms with Gasteiger partial charge in [0, 0.05) is 13.0 Å². The van der Waals surface area contributed by atoms with Gasteiger partial charge in [-0.25, -0.2) is 4.79 Å². The Morgan fingerprint density at radius 3 is 2.83 bits per heavy atom. The van der Waals surface area contributed by atoms with Crippen molar-refractivity contribution >= 4 is 17.8 Å². The molecular formula is C16H22N2O5. The van der Waals surface area contributed by atoms with Gasteiger partial charge in [-0.05, 0) is 25.5 Å². The van der Waals surface area contributed by atoms with Crippen LogP contribution in [0.5, 0.6) is 0 Å². The summed E-state index contributed by atoms with van der Waals surface area (Å²) >= 11 is 0. The summed E-state index contributed by atoms with van der Waals surface area (Å²) in [5, 5.41) is 11.9. The Morgan fingerprint density at radius 1 is 1.52 bits per heavy atom. The van der Waals surface area contributed by atoms with Gasteiger partial charge in [0.1, 0.15) is 11.3 Å². The molecule has 1 aliphatic rings.